The summed E-state index contributed by atoms with van der Waals surface area (Å²) in [7, 11) is 1.53. The van der Waals surface area contributed by atoms with Crippen molar-refractivity contribution in [2.75, 3.05) is 7.11 Å². The van der Waals surface area contributed by atoms with Gasteiger partial charge in [-0.05, 0) is 49.2 Å². The molecule has 0 spiro atoms. The van der Waals surface area contributed by atoms with Crippen LogP contribution in [0.15, 0.2) is 70.8 Å². The summed E-state index contributed by atoms with van der Waals surface area (Å²) in [5.74, 6) is 0.552. The maximum absolute atomic E-state index is 12.9. The number of carbonyl (C=O) groups excluding carboxylic acids is 2. The average molecular weight is 440 g/mol. The van der Waals surface area contributed by atoms with E-state index in [4.69, 9.17) is 18.6 Å². The fourth-order valence-electron chi connectivity index (χ4n) is 3.90. The van der Waals surface area contributed by atoms with Gasteiger partial charge in [0, 0.05) is 11.5 Å². The number of ketones is 1. The molecule has 4 aromatic rings. The van der Waals surface area contributed by atoms with E-state index in [1.165, 1.54) is 7.11 Å². The second-order valence-electron chi connectivity index (χ2n) is 7.85. The number of Topliss-reactive ketones (excluding diaryl/α,β-unsaturated/α-hetero) is 1. The highest BCUT2D eigenvalue weighted by Crippen LogP contribution is 2.38. The lowest BCUT2D eigenvalue weighted by molar-refractivity contribution is 0.0703. The van der Waals surface area contributed by atoms with Crippen LogP contribution in [-0.2, 0) is 0 Å². The lowest BCUT2D eigenvalue weighted by Gasteiger charge is -2.06. The number of hydrogen-bond donors (Lipinski definition) is 0. The summed E-state index contributed by atoms with van der Waals surface area (Å²) >= 11 is 0. The molecule has 0 atom stereocenters. The van der Waals surface area contributed by atoms with Crippen molar-refractivity contribution < 1.29 is 28.2 Å². The van der Waals surface area contributed by atoms with E-state index in [9.17, 15) is 9.59 Å². The van der Waals surface area contributed by atoms with Crippen molar-refractivity contribution in [1.82, 2.24) is 0 Å². The molecule has 0 radical (unpaired) electrons. The molecule has 0 saturated carbocycles. The third-order valence-corrected chi connectivity index (χ3v) is 5.42. The van der Waals surface area contributed by atoms with E-state index in [-0.39, 0.29) is 23.1 Å². The first-order valence-electron chi connectivity index (χ1n) is 10.4. The smallest absolute Gasteiger partial charge is 0.379 e. The Balaban J connectivity index is 1.42. The van der Waals surface area contributed by atoms with Crippen LogP contribution in [0, 0.1) is 13.8 Å². The van der Waals surface area contributed by atoms with Crippen molar-refractivity contribution in [1.29, 1.82) is 0 Å². The highest BCUT2D eigenvalue weighted by atomic mass is 16.6. The fourth-order valence-corrected chi connectivity index (χ4v) is 3.90. The second kappa shape index (κ2) is 7.98. The van der Waals surface area contributed by atoms with Crippen molar-refractivity contribution in [3.05, 3.63) is 94.4 Å². The summed E-state index contributed by atoms with van der Waals surface area (Å²) < 4.78 is 22.3. The topological polar surface area (TPSA) is 75.0 Å². The van der Waals surface area contributed by atoms with E-state index < -0.39 is 5.97 Å². The SMILES string of the molecule is COc1cccc2cc(C(=O)Oc3cc(C)c4c(c3)O/C(=C\c3cccc(C)c3)C4=O)oc12. The number of allylic oxidation sites excluding steroid dienone is 1. The van der Waals surface area contributed by atoms with E-state index in [2.05, 4.69) is 0 Å². The van der Waals surface area contributed by atoms with E-state index in [0.29, 0.717) is 28.2 Å². The Labute approximate surface area is 190 Å². The van der Waals surface area contributed by atoms with Crippen molar-refractivity contribution in [3.8, 4) is 17.2 Å². The molecule has 2 heterocycles. The Morgan fingerprint density at radius 2 is 1.82 bits per heavy atom. The number of benzene rings is 3. The van der Waals surface area contributed by atoms with Crippen LogP contribution in [0.4, 0.5) is 0 Å². The molecular formula is C27H20O6. The third kappa shape index (κ3) is 3.76. The third-order valence-electron chi connectivity index (χ3n) is 5.42. The maximum Gasteiger partial charge on any atom is 0.379 e. The summed E-state index contributed by atoms with van der Waals surface area (Å²) in [5, 5.41) is 0.728. The van der Waals surface area contributed by atoms with Gasteiger partial charge < -0.3 is 18.6 Å². The molecule has 0 bridgehead atoms. The highest BCUT2D eigenvalue weighted by molar-refractivity contribution is 6.15. The van der Waals surface area contributed by atoms with Gasteiger partial charge in [0.1, 0.15) is 11.5 Å². The number of furan rings is 1. The Hall–Kier alpha value is -4.32. The molecule has 0 unspecified atom stereocenters. The molecule has 3 aromatic carbocycles. The van der Waals surface area contributed by atoms with Gasteiger partial charge in [-0.1, -0.05) is 42.0 Å². The number of carbonyl (C=O) groups is 2. The number of rotatable bonds is 4. The average Bonchev–Trinajstić information content (AvgIpc) is 3.35. The molecule has 6 heteroatoms. The molecule has 5 rings (SSSR count). The second-order valence-corrected chi connectivity index (χ2v) is 7.85. The summed E-state index contributed by atoms with van der Waals surface area (Å²) in [4.78, 5) is 25.6. The number of aryl methyl sites for hydroxylation is 2. The minimum atomic E-state index is -0.660. The van der Waals surface area contributed by atoms with Crippen LogP contribution < -0.4 is 14.2 Å². The minimum Gasteiger partial charge on any atom is -0.493 e. The quantitative estimate of drug-likeness (QED) is 0.224. The van der Waals surface area contributed by atoms with Gasteiger partial charge in [-0.25, -0.2) is 4.79 Å². The molecule has 1 aromatic heterocycles. The molecule has 0 N–H and O–H groups in total. The lowest BCUT2D eigenvalue weighted by Crippen LogP contribution is -2.07. The van der Waals surface area contributed by atoms with Crippen molar-refractivity contribution in [2.45, 2.75) is 13.8 Å². The lowest BCUT2D eigenvalue weighted by atomic mass is 10.0. The molecule has 33 heavy (non-hydrogen) atoms. The Morgan fingerprint density at radius 1 is 1.00 bits per heavy atom. The Kier molecular flexibility index (Phi) is 4.98. The number of esters is 1. The molecule has 0 saturated heterocycles. The summed E-state index contributed by atoms with van der Waals surface area (Å²) in [5.41, 5.74) is 3.54. The maximum atomic E-state index is 12.9. The zero-order valence-electron chi connectivity index (χ0n) is 18.3. The normalized spacial score (nSPS) is 13.8. The van der Waals surface area contributed by atoms with Crippen molar-refractivity contribution in [2.24, 2.45) is 0 Å². The van der Waals surface area contributed by atoms with Gasteiger partial charge in [-0.2, -0.15) is 0 Å². The van der Waals surface area contributed by atoms with Crippen molar-refractivity contribution >= 4 is 28.8 Å². The molecule has 1 aliphatic rings. The number of fused-ring (bicyclic) bond motifs is 2. The first-order chi connectivity index (χ1) is 15.9. The summed E-state index contributed by atoms with van der Waals surface area (Å²) in [6.07, 6.45) is 1.71. The zero-order chi connectivity index (χ0) is 23.1. The minimum absolute atomic E-state index is 0.0460. The molecular weight excluding hydrogens is 420 g/mol. The van der Waals surface area contributed by atoms with Gasteiger partial charge >= 0.3 is 5.97 Å². The van der Waals surface area contributed by atoms with Crippen LogP contribution in [0.2, 0.25) is 0 Å². The monoisotopic (exact) mass is 440 g/mol. The standard InChI is InChI=1S/C27H20O6/c1-15-6-4-7-17(10-15)12-22-25(28)24-16(2)11-19(14-21(24)32-22)31-27(29)23-13-18-8-5-9-20(30-3)26(18)33-23/h4-14H,1-3H3/b22-12-. The van der Waals surface area contributed by atoms with E-state index in [1.807, 2.05) is 43.3 Å². The van der Waals surface area contributed by atoms with Crippen molar-refractivity contribution in [3.63, 3.8) is 0 Å². The fraction of sp³-hybridized carbons (Fsp3) is 0.111. The Bertz CT molecular complexity index is 1460. The van der Waals surface area contributed by atoms with Crippen LogP contribution in [-0.4, -0.2) is 18.9 Å². The Morgan fingerprint density at radius 3 is 2.61 bits per heavy atom. The highest BCUT2D eigenvalue weighted by Gasteiger charge is 2.30. The summed E-state index contributed by atoms with van der Waals surface area (Å²) in [6, 6.07) is 17.9. The number of para-hydroxylation sites is 1. The molecule has 0 aliphatic carbocycles. The van der Waals surface area contributed by atoms with Crippen LogP contribution in [0.25, 0.3) is 17.0 Å². The van der Waals surface area contributed by atoms with E-state index in [0.717, 1.165) is 16.5 Å². The largest absolute Gasteiger partial charge is 0.493 e. The zero-order valence-corrected chi connectivity index (χ0v) is 18.3. The predicted octanol–water partition coefficient (Wildman–Crippen LogP) is 5.89. The molecule has 0 amide bonds. The van der Waals surface area contributed by atoms with Gasteiger partial charge in [-0.3, -0.25) is 4.79 Å². The van der Waals surface area contributed by atoms with Gasteiger partial charge in [0.15, 0.2) is 17.1 Å². The van der Waals surface area contributed by atoms with Crippen LogP contribution in [0.5, 0.6) is 17.2 Å². The molecule has 6 nitrogen and oxygen atoms in total. The van der Waals surface area contributed by atoms with E-state index in [1.54, 1.807) is 37.3 Å². The molecule has 0 fully saturated rings. The summed E-state index contributed by atoms with van der Waals surface area (Å²) in [6.45, 7) is 3.76. The number of hydrogen-bond acceptors (Lipinski definition) is 6. The van der Waals surface area contributed by atoms with Crippen LogP contribution in [0.3, 0.4) is 0 Å². The van der Waals surface area contributed by atoms with Gasteiger partial charge in [-0.15, -0.1) is 0 Å². The van der Waals surface area contributed by atoms with Gasteiger partial charge in [0.2, 0.25) is 11.5 Å². The number of ether oxygens (including phenoxy) is 3. The van der Waals surface area contributed by atoms with Gasteiger partial charge in [0.25, 0.3) is 0 Å². The van der Waals surface area contributed by atoms with E-state index >= 15 is 0 Å². The van der Waals surface area contributed by atoms with Crippen LogP contribution in [0.1, 0.15) is 37.6 Å². The van der Waals surface area contributed by atoms with Crippen LogP contribution >= 0.6 is 0 Å². The molecule has 1 aliphatic heterocycles. The molecule has 164 valence electrons. The predicted molar refractivity (Wildman–Crippen MR) is 123 cm³/mol. The van der Waals surface area contributed by atoms with Gasteiger partial charge in [0.05, 0.1) is 12.7 Å². The first-order valence-corrected chi connectivity index (χ1v) is 10.4. The number of methoxy groups -OCH3 is 1. The first kappa shape index (κ1) is 20.6.